The molecule has 9 heteroatoms. The van der Waals surface area contributed by atoms with Crippen molar-refractivity contribution in [1.82, 2.24) is 15.1 Å². The second kappa shape index (κ2) is 8.16. The van der Waals surface area contributed by atoms with Gasteiger partial charge in [0.25, 0.3) is 0 Å². The summed E-state index contributed by atoms with van der Waals surface area (Å²) >= 11 is 0. The molecule has 2 aliphatic rings. The molecule has 1 fully saturated rings. The highest BCUT2D eigenvalue weighted by molar-refractivity contribution is 7.90. The number of hydrogen-bond donors (Lipinski definition) is 1. The Bertz CT molecular complexity index is 1280. The smallest absolute Gasteiger partial charge is 0.183 e. The second-order valence-corrected chi connectivity index (χ2v) is 9.89. The average molecular weight is 454 g/mol. The number of aromatic nitrogens is 2. The lowest BCUT2D eigenvalue weighted by Gasteiger charge is -2.23. The topological polar surface area (TPSA) is 99.5 Å². The van der Waals surface area contributed by atoms with Crippen molar-refractivity contribution in [3.05, 3.63) is 59.3 Å². The average Bonchev–Trinajstić information content (AvgIpc) is 3.17. The van der Waals surface area contributed by atoms with Crippen LogP contribution in [-0.4, -0.2) is 57.4 Å². The first-order valence-corrected chi connectivity index (χ1v) is 12.1. The van der Waals surface area contributed by atoms with Gasteiger partial charge in [0.2, 0.25) is 0 Å². The van der Waals surface area contributed by atoms with E-state index < -0.39 is 9.84 Å². The lowest BCUT2D eigenvalue weighted by atomic mass is 10.0. The van der Waals surface area contributed by atoms with Crippen molar-refractivity contribution in [2.45, 2.75) is 23.2 Å². The molecule has 1 atom stereocenters. The number of carbonyl (C=O) groups is 1. The first kappa shape index (κ1) is 20.9. The van der Waals surface area contributed by atoms with Crippen LogP contribution in [0.3, 0.4) is 0 Å². The van der Waals surface area contributed by atoms with Crippen LogP contribution in [0.2, 0.25) is 0 Å². The largest absolute Gasteiger partial charge is 0.497 e. The minimum Gasteiger partial charge on any atom is -0.497 e. The van der Waals surface area contributed by atoms with Crippen LogP contribution in [0.5, 0.6) is 5.75 Å². The van der Waals surface area contributed by atoms with Crippen LogP contribution in [0.25, 0.3) is 16.9 Å². The number of morpholine rings is 1. The number of fused-ring (bicyclic) bond motifs is 3. The highest BCUT2D eigenvalue weighted by Crippen LogP contribution is 2.41. The third-order valence-corrected chi connectivity index (χ3v) is 7.56. The summed E-state index contributed by atoms with van der Waals surface area (Å²) in [6.07, 6.45) is 1.55. The molecule has 0 saturated carbocycles. The molecule has 0 amide bonds. The summed E-state index contributed by atoms with van der Waals surface area (Å²) in [6, 6.07) is 12.8. The number of nitrogens with one attached hydrogen (secondary N) is 1. The molecule has 5 rings (SSSR count). The molecule has 1 N–H and O–H groups in total. The van der Waals surface area contributed by atoms with E-state index in [0.29, 0.717) is 35.5 Å². The van der Waals surface area contributed by atoms with E-state index in [2.05, 4.69) is 10.4 Å². The maximum atomic E-state index is 12.9. The van der Waals surface area contributed by atoms with Gasteiger partial charge in [-0.05, 0) is 42.3 Å². The van der Waals surface area contributed by atoms with Crippen molar-refractivity contribution in [2.24, 2.45) is 0 Å². The van der Waals surface area contributed by atoms with E-state index in [1.165, 1.54) is 13.2 Å². The van der Waals surface area contributed by atoms with Crippen molar-refractivity contribution in [2.75, 3.05) is 26.8 Å². The van der Waals surface area contributed by atoms with Crippen LogP contribution in [0.15, 0.2) is 47.4 Å². The van der Waals surface area contributed by atoms with Crippen LogP contribution in [-0.2, 0) is 26.7 Å². The van der Waals surface area contributed by atoms with Gasteiger partial charge in [-0.2, -0.15) is 5.10 Å². The third-order valence-electron chi connectivity index (χ3n) is 5.89. The summed E-state index contributed by atoms with van der Waals surface area (Å²) in [6.45, 7) is 2.41. The van der Waals surface area contributed by atoms with E-state index in [-0.39, 0.29) is 22.4 Å². The number of hydrogen-bond acceptors (Lipinski definition) is 7. The van der Waals surface area contributed by atoms with E-state index in [4.69, 9.17) is 9.47 Å². The van der Waals surface area contributed by atoms with Crippen molar-refractivity contribution >= 4 is 16.1 Å². The number of aldehydes is 1. The number of benzene rings is 2. The fourth-order valence-electron chi connectivity index (χ4n) is 4.31. The number of sulfone groups is 1. The monoisotopic (exact) mass is 453 g/mol. The zero-order valence-electron chi connectivity index (χ0n) is 17.6. The molecule has 2 aliphatic heterocycles. The Hall–Kier alpha value is -3.01. The van der Waals surface area contributed by atoms with Gasteiger partial charge in [0.15, 0.2) is 16.1 Å². The van der Waals surface area contributed by atoms with Gasteiger partial charge in [-0.15, -0.1) is 0 Å². The summed E-state index contributed by atoms with van der Waals surface area (Å²) in [5.41, 5.74) is 3.57. The Morgan fingerprint density at radius 2 is 2.06 bits per heavy atom. The highest BCUT2D eigenvalue weighted by atomic mass is 32.2. The number of nitrogens with zero attached hydrogens (tertiary/aromatic N) is 2. The molecule has 8 nitrogen and oxygen atoms in total. The van der Waals surface area contributed by atoms with Crippen LogP contribution >= 0.6 is 0 Å². The Morgan fingerprint density at radius 1 is 1.25 bits per heavy atom. The molecule has 1 unspecified atom stereocenters. The van der Waals surface area contributed by atoms with Gasteiger partial charge < -0.3 is 14.8 Å². The Balaban J connectivity index is 1.57. The maximum Gasteiger partial charge on any atom is 0.183 e. The molecular formula is C23H23N3O5S. The lowest BCUT2D eigenvalue weighted by molar-refractivity contribution is 0.0292. The number of carbonyl (C=O) groups excluding carboxylic acids is 1. The molecule has 3 heterocycles. The minimum absolute atomic E-state index is 0.135. The number of methoxy groups -OCH3 is 1. The molecular weight excluding hydrogens is 430 g/mol. The van der Waals surface area contributed by atoms with Gasteiger partial charge in [0.1, 0.15) is 11.4 Å². The summed E-state index contributed by atoms with van der Waals surface area (Å²) in [5, 5.41) is 7.78. The summed E-state index contributed by atoms with van der Waals surface area (Å²) < 4.78 is 38.5. The van der Waals surface area contributed by atoms with Gasteiger partial charge in [-0.3, -0.25) is 4.79 Å². The molecule has 32 heavy (non-hydrogen) atoms. The van der Waals surface area contributed by atoms with Crippen LogP contribution in [0, 0.1) is 0 Å². The first-order valence-electron chi connectivity index (χ1n) is 10.4. The summed E-state index contributed by atoms with van der Waals surface area (Å²) in [5.74, 6) is 0.182. The van der Waals surface area contributed by atoms with Crippen LogP contribution in [0.1, 0.15) is 21.6 Å². The molecule has 2 aromatic carbocycles. The SMILES string of the molecule is COc1ccc2c(c1)S(=O)(=O)Cc1c(C=O)nn(-c3ccc(CC4CNCCO4)cc3)c1-2. The molecule has 1 aromatic heterocycles. The molecule has 0 radical (unpaired) electrons. The van der Waals surface area contributed by atoms with Crippen LogP contribution in [0.4, 0.5) is 0 Å². The molecule has 3 aromatic rings. The Kier molecular flexibility index (Phi) is 5.32. The lowest BCUT2D eigenvalue weighted by Crippen LogP contribution is -2.39. The van der Waals surface area contributed by atoms with Gasteiger partial charge in [0.05, 0.1) is 41.9 Å². The normalized spacial score (nSPS) is 19.1. The molecule has 0 aliphatic carbocycles. The number of ether oxygens (including phenoxy) is 2. The fraction of sp³-hybridized carbons (Fsp3) is 0.304. The minimum atomic E-state index is -3.62. The first-order chi connectivity index (χ1) is 15.5. The molecule has 0 bridgehead atoms. The van der Waals surface area contributed by atoms with Gasteiger partial charge in [0, 0.05) is 24.2 Å². The summed E-state index contributed by atoms with van der Waals surface area (Å²) in [4.78, 5) is 11.9. The second-order valence-electron chi connectivity index (χ2n) is 7.93. The predicted octanol–water partition coefficient (Wildman–Crippen LogP) is 2.18. The quantitative estimate of drug-likeness (QED) is 0.591. The standard InChI is InChI=1S/C23H23N3O5S/c1-30-17-6-7-19-22(11-17)32(28,29)14-20-21(13-27)25-26(23(19)20)16-4-2-15(3-5-16)10-18-12-24-8-9-31-18/h2-7,11,13,18,24H,8-10,12,14H2,1H3. The van der Waals surface area contributed by atoms with Crippen molar-refractivity contribution in [1.29, 1.82) is 0 Å². The Labute approximate surface area is 186 Å². The van der Waals surface area contributed by atoms with Gasteiger partial charge >= 0.3 is 0 Å². The van der Waals surface area contributed by atoms with E-state index in [9.17, 15) is 13.2 Å². The summed E-state index contributed by atoms with van der Waals surface area (Å²) in [7, 11) is -2.13. The van der Waals surface area contributed by atoms with Crippen molar-refractivity contribution in [3.63, 3.8) is 0 Å². The maximum absolute atomic E-state index is 12.9. The fourth-order valence-corrected chi connectivity index (χ4v) is 5.92. The zero-order valence-corrected chi connectivity index (χ0v) is 18.4. The van der Waals surface area contributed by atoms with Crippen LogP contribution < -0.4 is 10.1 Å². The molecule has 166 valence electrons. The van der Waals surface area contributed by atoms with Crippen molar-refractivity contribution < 1.29 is 22.7 Å². The Morgan fingerprint density at radius 3 is 2.75 bits per heavy atom. The predicted molar refractivity (Wildman–Crippen MR) is 118 cm³/mol. The van der Waals surface area contributed by atoms with Crippen molar-refractivity contribution in [3.8, 4) is 22.7 Å². The van der Waals surface area contributed by atoms with E-state index in [1.807, 2.05) is 24.3 Å². The zero-order chi connectivity index (χ0) is 22.3. The highest BCUT2D eigenvalue weighted by Gasteiger charge is 2.34. The van der Waals surface area contributed by atoms with E-state index in [1.54, 1.807) is 16.8 Å². The van der Waals surface area contributed by atoms with Gasteiger partial charge in [-0.25, -0.2) is 13.1 Å². The third kappa shape index (κ3) is 3.62. The van der Waals surface area contributed by atoms with Gasteiger partial charge in [-0.1, -0.05) is 12.1 Å². The van der Waals surface area contributed by atoms with E-state index in [0.717, 1.165) is 30.8 Å². The molecule has 1 saturated heterocycles. The number of rotatable bonds is 5. The molecule has 0 spiro atoms. The van der Waals surface area contributed by atoms with E-state index >= 15 is 0 Å².